The lowest BCUT2D eigenvalue weighted by Crippen LogP contribution is -2.02. The molecule has 1 aliphatic rings. The van der Waals surface area contributed by atoms with Gasteiger partial charge in [0, 0.05) is 10.9 Å². The van der Waals surface area contributed by atoms with E-state index in [1.807, 2.05) is 25.1 Å². The summed E-state index contributed by atoms with van der Waals surface area (Å²) in [5.74, 6) is 0.532. The van der Waals surface area contributed by atoms with Gasteiger partial charge in [-0.05, 0) is 43.0 Å². The van der Waals surface area contributed by atoms with E-state index in [0.29, 0.717) is 5.92 Å². The molecule has 0 amide bonds. The molecule has 1 aromatic carbocycles. The summed E-state index contributed by atoms with van der Waals surface area (Å²) in [4.78, 5) is 0.790. The molecule has 18 heavy (non-hydrogen) atoms. The molecule has 1 aliphatic carbocycles. The van der Waals surface area contributed by atoms with E-state index in [-0.39, 0.29) is 0 Å². The standard InChI is InChI=1S/C14H12ClNOS/c1-8-6-10(4-5-12(8)15)14(18)11-7-17-16-13(11)9-2-3-9/h4-7,9H,2-3H2,1H3. The second kappa shape index (κ2) is 4.48. The smallest absolute Gasteiger partial charge is 0.132 e. The zero-order valence-electron chi connectivity index (χ0n) is 9.94. The van der Waals surface area contributed by atoms with Crippen LogP contribution in [0.15, 0.2) is 29.0 Å². The van der Waals surface area contributed by atoms with Crippen LogP contribution in [-0.2, 0) is 0 Å². The Bertz CT molecular complexity index is 616. The van der Waals surface area contributed by atoms with Gasteiger partial charge in [-0.3, -0.25) is 0 Å². The van der Waals surface area contributed by atoms with Crippen molar-refractivity contribution in [1.82, 2.24) is 5.16 Å². The fourth-order valence-electron chi connectivity index (χ4n) is 2.01. The third-order valence-corrected chi connectivity index (χ3v) is 4.11. The third kappa shape index (κ3) is 2.08. The van der Waals surface area contributed by atoms with Crippen molar-refractivity contribution in [3.05, 3.63) is 51.9 Å². The first-order chi connectivity index (χ1) is 8.66. The van der Waals surface area contributed by atoms with Gasteiger partial charge in [0.2, 0.25) is 0 Å². The molecular weight excluding hydrogens is 266 g/mol. The molecule has 1 saturated carbocycles. The maximum absolute atomic E-state index is 6.03. The van der Waals surface area contributed by atoms with Crippen LogP contribution in [0.5, 0.6) is 0 Å². The van der Waals surface area contributed by atoms with E-state index >= 15 is 0 Å². The molecular formula is C14H12ClNOS. The van der Waals surface area contributed by atoms with Gasteiger partial charge >= 0.3 is 0 Å². The zero-order chi connectivity index (χ0) is 12.7. The van der Waals surface area contributed by atoms with Gasteiger partial charge in [-0.2, -0.15) is 0 Å². The quantitative estimate of drug-likeness (QED) is 0.619. The first kappa shape index (κ1) is 11.9. The van der Waals surface area contributed by atoms with Crippen molar-refractivity contribution in [2.45, 2.75) is 25.7 Å². The summed E-state index contributed by atoms with van der Waals surface area (Å²) in [6, 6.07) is 5.83. The summed E-state index contributed by atoms with van der Waals surface area (Å²) >= 11 is 11.6. The molecule has 1 aromatic heterocycles. The van der Waals surface area contributed by atoms with E-state index in [4.69, 9.17) is 28.3 Å². The van der Waals surface area contributed by atoms with Gasteiger partial charge in [0.1, 0.15) is 6.26 Å². The van der Waals surface area contributed by atoms with Gasteiger partial charge in [-0.25, -0.2) is 0 Å². The minimum atomic E-state index is 0.532. The highest BCUT2D eigenvalue weighted by molar-refractivity contribution is 7.81. The summed E-state index contributed by atoms with van der Waals surface area (Å²) in [7, 11) is 0. The Morgan fingerprint density at radius 3 is 2.89 bits per heavy atom. The van der Waals surface area contributed by atoms with Crippen molar-refractivity contribution >= 4 is 28.7 Å². The van der Waals surface area contributed by atoms with Crippen molar-refractivity contribution in [3.63, 3.8) is 0 Å². The van der Waals surface area contributed by atoms with Crippen LogP contribution >= 0.6 is 23.8 Å². The summed E-state index contributed by atoms with van der Waals surface area (Å²) in [6.07, 6.45) is 4.02. The Balaban J connectivity index is 1.98. The van der Waals surface area contributed by atoms with Crippen LogP contribution in [0, 0.1) is 6.92 Å². The van der Waals surface area contributed by atoms with Crippen LogP contribution in [0.25, 0.3) is 0 Å². The number of halogens is 1. The fraction of sp³-hybridized carbons (Fsp3) is 0.286. The highest BCUT2D eigenvalue weighted by Crippen LogP contribution is 2.41. The Hall–Kier alpha value is -1.19. The minimum Gasteiger partial charge on any atom is -0.364 e. The van der Waals surface area contributed by atoms with Crippen molar-refractivity contribution in [3.8, 4) is 0 Å². The molecule has 0 bridgehead atoms. The second-order valence-corrected chi connectivity index (χ2v) is 5.50. The van der Waals surface area contributed by atoms with E-state index in [0.717, 1.165) is 32.3 Å². The van der Waals surface area contributed by atoms with E-state index in [2.05, 4.69) is 5.16 Å². The van der Waals surface area contributed by atoms with E-state index in [1.54, 1.807) is 6.26 Å². The van der Waals surface area contributed by atoms with Crippen LogP contribution < -0.4 is 0 Å². The molecule has 0 radical (unpaired) electrons. The van der Waals surface area contributed by atoms with E-state index in [9.17, 15) is 0 Å². The highest BCUT2D eigenvalue weighted by atomic mass is 35.5. The minimum absolute atomic E-state index is 0.532. The Morgan fingerprint density at radius 1 is 1.44 bits per heavy atom. The number of benzene rings is 1. The van der Waals surface area contributed by atoms with Crippen LogP contribution in [-0.4, -0.2) is 10.0 Å². The number of thiocarbonyl (C=S) groups is 1. The van der Waals surface area contributed by atoms with Crippen LogP contribution in [0.2, 0.25) is 5.02 Å². The molecule has 2 nitrogen and oxygen atoms in total. The predicted molar refractivity (Wildman–Crippen MR) is 75.5 cm³/mol. The average molecular weight is 278 g/mol. The van der Waals surface area contributed by atoms with E-state index < -0.39 is 0 Å². The van der Waals surface area contributed by atoms with Gasteiger partial charge in [0.05, 0.1) is 16.1 Å². The lowest BCUT2D eigenvalue weighted by atomic mass is 10.0. The summed E-state index contributed by atoms with van der Waals surface area (Å²) in [5.41, 5.74) is 3.99. The SMILES string of the molecule is Cc1cc(C(=S)c2conc2C2CC2)ccc1Cl. The van der Waals surface area contributed by atoms with Gasteiger partial charge in [-0.15, -0.1) is 0 Å². The van der Waals surface area contributed by atoms with Gasteiger partial charge in [0.15, 0.2) is 0 Å². The lowest BCUT2D eigenvalue weighted by molar-refractivity contribution is 0.412. The summed E-state index contributed by atoms with van der Waals surface area (Å²) < 4.78 is 5.08. The second-order valence-electron chi connectivity index (χ2n) is 4.68. The molecule has 1 fully saturated rings. The summed E-state index contributed by atoms with van der Waals surface area (Å²) in [6.45, 7) is 1.98. The average Bonchev–Trinajstić information content (AvgIpc) is 3.09. The van der Waals surface area contributed by atoms with E-state index in [1.165, 1.54) is 12.8 Å². The molecule has 1 heterocycles. The number of hydrogen-bond donors (Lipinski definition) is 0. The zero-order valence-corrected chi connectivity index (χ0v) is 11.5. The number of aromatic nitrogens is 1. The largest absolute Gasteiger partial charge is 0.364 e. The van der Waals surface area contributed by atoms with Crippen molar-refractivity contribution in [1.29, 1.82) is 0 Å². The number of hydrogen-bond acceptors (Lipinski definition) is 3. The molecule has 4 heteroatoms. The molecule has 2 aromatic rings. The van der Waals surface area contributed by atoms with Gasteiger partial charge < -0.3 is 4.52 Å². The third-order valence-electron chi connectivity index (χ3n) is 3.23. The molecule has 3 rings (SSSR count). The predicted octanol–water partition coefficient (Wildman–Crippen LogP) is 4.28. The highest BCUT2D eigenvalue weighted by Gasteiger charge is 2.30. The van der Waals surface area contributed by atoms with Crippen LogP contribution in [0.3, 0.4) is 0 Å². The van der Waals surface area contributed by atoms with Crippen LogP contribution in [0.4, 0.5) is 0 Å². The maximum Gasteiger partial charge on any atom is 0.132 e. The van der Waals surface area contributed by atoms with Crippen molar-refractivity contribution in [2.75, 3.05) is 0 Å². The van der Waals surface area contributed by atoms with Gasteiger partial charge in [0.25, 0.3) is 0 Å². The lowest BCUT2D eigenvalue weighted by Gasteiger charge is -2.05. The fourth-order valence-corrected chi connectivity index (χ4v) is 2.41. The number of rotatable bonds is 3. The number of aryl methyl sites for hydroxylation is 1. The number of nitrogens with zero attached hydrogens (tertiary/aromatic N) is 1. The molecule has 0 aliphatic heterocycles. The van der Waals surface area contributed by atoms with Crippen molar-refractivity contribution < 1.29 is 4.52 Å². The Kier molecular flexibility index (Phi) is 2.96. The molecule has 0 N–H and O–H groups in total. The molecule has 0 atom stereocenters. The van der Waals surface area contributed by atoms with Gasteiger partial charge in [-0.1, -0.05) is 35.0 Å². The van der Waals surface area contributed by atoms with Crippen molar-refractivity contribution in [2.24, 2.45) is 0 Å². The first-order valence-electron chi connectivity index (χ1n) is 5.92. The molecule has 0 spiro atoms. The topological polar surface area (TPSA) is 26.0 Å². The molecule has 92 valence electrons. The first-order valence-corrected chi connectivity index (χ1v) is 6.70. The summed E-state index contributed by atoms with van der Waals surface area (Å²) in [5, 5.41) is 4.83. The Labute approximate surface area is 116 Å². The van der Waals surface area contributed by atoms with Crippen LogP contribution in [0.1, 0.15) is 41.1 Å². The molecule has 0 unspecified atom stereocenters. The monoisotopic (exact) mass is 277 g/mol. The molecule has 0 saturated heterocycles. The Morgan fingerprint density at radius 2 is 2.22 bits per heavy atom. The normalized spacial score (nSPS) is 14.8. The maximum atomic E-state index is 6.03.